The Morgan fingerprint density at radius 1 is 0.875 bits per heavy atom. The second kappa shape index (κ2) is 8.44. The summed E-state index contributed by atoms with van der Waals surface area (Å²) in [4.78, 5) is 2.06. The molecule has 0 bridgehead atoms. The molecule has 0 aromatic heterocycles. The van der Waals surface area contributed by atoms with E-state index in [2.05, 4.69) is 17.0 Å². The zero-order chi connectivity index (χ0) is 9.80. The van der Waals surface area contributed by atoms with Crippen LogP contribution in [0.2, 0.25) is 0 Å². The first-order valence-corrected chi connectivity index (χ1v) is 4.55. The first kappa shape index (κ1) is 16.3. The SMILES string of the molecule is CN(c1[c-]cccc1)c1[c-]cccc1.[U+2].[U]. The maximum atomic E-state index is 3.17. The molecular weight excluding hydrogens is 646 g/mol. The van der Waals surface area contributed by atoms with Crippen LogP contribution in [0, 0.1) is 74.4 Å². The second-order valence-electron chi connectivity index (χ2n) is 3.05. The molecule has 0 saturated heterocycles. The molecule has 2 rings (SSSR count). The topological polar surface area (TPSA) is 3.24 Å². The van der Waals surface area contributed by atoms with Gasteiger partial charge in [-0.3, -0.25) is 0 Å². The molecule has 2 aromatic rings. The Kier molecular flexibility index (Phi) is 8.62. The number of benzene rings is 2. The third kappa shape index (κ3) is 4.31. The third-order valence-corrected chi connectivity index (χ3v) is 2.11. The largest absolute Gasteiger partial charge is 2.00 e. The molecule has 0 aliphatic heterocycles. The summed E-state index contributed by atoms with van der Waals surface area (Å²) >= 11 is 0. The fraction of sp³-hybridized carbons (Fsp3) is 0.0769. The van der Waals surface area contributed by atoms with Gasteiger partial charge in [0.2, 0.25) is 0 Å². The maximum absolute atomic E-state index is 3.17. The molecule has 3 heteroatoms. The molecule has 76 valence electrons. The molecule has 0 atom stereocenters. The molecule has 0 aliphatic rings. The first-order valence-electron chi connectivity index (χ1n) is 4.55. The van der Waals surface area contributed by atoms with Crippen molar-refractivity contribution < 1.29 is 62.2 Å². The van der Waals surface area contributed by atoms with Crippen LogP contribution in [0.4, 0.5) is 11.4 Å². The summed E-state index contributed by atoms with van der Waals surface area (Å²) in [5, 5.41) is 0. The number of anilines is 2. The van der Waals surface area contributed by atoms with Gasteiger partial charge in [-0.1, -0.05) is 11.4 Å². The predicted octanol–water partition coefficient (Wildman–Crippen LogP) is 3.05. The van der Waals surface area contributed by atoms with Crippen molar-refractivity contribution in [3.05, 3.63) is 60.7 Å². The molecule has 0 radical (unpaired) electrons. The summed E-state index contributed by atoms with van der Waals surface area (Å²) in [6.07, 6.45) is 0. The van der Waals surface area contributed by atoms with E-state index in [1.165, 1.54) is 0 Å². The van der Waals surface area contributed by atoms with Crippen LogP contribution in [-0.4, -0.2) is 7.05 Å². The van der Waals surface area contributed by atoms with Crippen LogP contribution in [0.25, 0.3) is 0 Å². The average Bonchev–Trinajstić information content (AvgIpc) is 2.30. The Bertz CT molecular complexity index is 350. The van der Waals surface area contributed by atoms with E-state index in [9.17, 15) is 0 Å². The first-order chi connectivity index (χ1) is 6.88. The Morgan fingerprint density at radius 3 is 1.62 bits per heavy atom. The van der Waals surface area contributed by atoms with Gasteiger partial charge < -0.3 is 4.90 Å². The van der Waals surface area contributed by atoms with Gasteiger partial charge in [-0.15, -0.1) is 12.1 Å². The minimum absolute atomic E-state index is 0. The molecular formula is C13H11NU2. The number of rotatable bonds is 2. The van der Waals surface area contributed by atoms with Crippen molar-refractivity contribution in [2.24, 2.45) is 0 Å². The van der Waals surface area contributed by atoms with Crippen molar-refractivity contribution in [1.29, 1.82) is 0 Å². The van der Waals surface area contributed by atoms with Crippen LogP contribution in [0.3, 0.4) is 0 Å². The number of nitrogens with zero attached hydrogens (tertiary/aromatic N) is 1. The summed E-state index contributed by atoms with van der Waals surface area (Å²) in [5.41, 5.74) is 2.10. The van der Waals surface area contributed by atoms with Gasteiger partial charge in [0.1, 0.15) is 0 Å². The van der Waals surface area contributed by atoms with Crippen molar-refractivity contribution >= 4 is 11.4 Å². The molecule has 1 nitrogen and oxygen atoms in total. The van der Waals surface area contributed by atoms with E-state index in [0.717, 1.165) is 11.4 Å². The van der Waals surface area contributed by atoms with Crippen LogP contribution in [0.1, 0.15) is 0 Å². The molecule has 0 saturated carbocycles. The standard InChI is InChI=1S/C13H11N.2U/c1-14(12-8-4-2-5-9-12)13-10-6-3-7-11-13;;/h2-8,10H,1H3;;/q-2;;+2. The maximum Gasteiger partial charge on any atom is 2.00 e. The van der Waals surface area contributed by atoms with Crippen LogP contribution < -0.4 is 4.90 Å². The van der Waals surface area contributed by atoms with Gasteiger partial charge in [0.25, 0.3) is 0 Å². The van der Waals surface area contributed by atoms with E-state index < -0.39 is 0 Å². The Labute approximate surface area is 144 Å². The van der Waals surface area contributed by atoms with E-state index in [1.54, 1.807) is 0 Å². The number of hydrogen-bond donors (Lipinski definition) is 0. The van der Waals surface area contributed by atoms with Crippen molar-refractivity contribution in [3.63, 3.8) is 0 Å². The van der Waals surface area contributed by atoms with E-state index in [-0.39, 0.29) is 62.2 Å². The van der Waals surface area contributed by atoms with Crippen molar-refractivity contribution in [2.45, 2.75) is 0 Å². The summed E-state index contributed by atoms with van der Waals surface area (Å²) in [5.74, 6) is 0. The Balaban J connectivity index is 0.00000112. The number of hydrogen-bond acceptors (Lipinski definition) is 1. The minimum Gasteiger partial charge on any atom is -0.391 e. The molecule has 2 aromatic carbocycles. The number of para-hydroxylation sites is 2. The van der Waals surface area contributed by atoms with Gasteiger partial charge in [0.05, 0.1) is 0 Å². The monoisotopic (exact) mass is 657 g/mol. The molecule has 0 amide bonds. The summed E-state index contributed by atoms with van der Waals surface area (Å²) in [7, 11) is 2.01. The van der Waals surface area contributed by atoms with Crippen molar-refractivity contribution in [3.8, 4) is 0 Å². The summed E-state index contributed by atoms with van der Waals surface area (Å²) < 4.78 is 0. The predicted molar refractivity (Wildman–Crippen MR) is 58.6 cm³/mol. The molecule has 0 fully saturated rings. The molecule has 0 heterocycles. The van der Waals surface area contributed by atoms with E-state index in [4.69, 9.17) is 0 Å². The normalized spacial score (nSPS) is 8.56. The Hall–Kier alpha value is 0.344. The molecule has 0 spiro atoms. The quantitative estimate of drug-likeness (QED) is 0.450. The van der Waals surface area contributed by atoms with Gasteiger partial charge >= 0.3 is 31.1 Å². The molecule has 0 N–H and O–H groups in total. The van der Waals surface area contributed by atoms with Crippen LogP contribution in [-0.2, 0) is 0 Å². The molecule has 0 aliphatic carbocycles. The van der Waals surface area contributed by atoms with Crippen LogP contribution >= 0.6 is 0 Å². The van der Waals surface area contributed by atoms with E-state index in [0.29, 0.717) is 0 Å². The Morgan fingerprint density at radius 2 is 1.31 bits per heavy atom. The molecule has 0 unspecified atom stereocenters. The van der Waals surface area contributed by atoms with Crippen molar-refractivity contribution in [2.75, 3.05) is 11.9 Å². The fourth-order valence-electron chi connectivity index (χ4n) is 1.31. The minimum atomic E-state index is 0. The van der Waals surface area contributed by atoms with Crippen LogP contribution in [0.5, 0.6) is 0 Å². The van der Waals surface area contributed by atoms with E-state index in [1.807, 2.05) is 55.6 Å². The average molecular weight is 657 g/mol. The van der Waals surface area contributed by atoms with Gasteiger partial charge in [-0.25, -0.2) is 0 Å². The van der Waals surface area contributed by atoms with Gasteiger partial charge in [-0.05, 0) is 0 Å². The van der Waals surface area contributed by atoms with Gasteiger partial charge in [-0.2, -0.15) is 48.5 Å². The zero-order valence-electron chi connectivity index (χ0n) is 9.07. The van der Waals surface area contributed by atoms with Gasteiger partial charge in [0.15, 0.2) is 0 Å². The summed E-state index contributed by atoms with van der Waals surface area (Å²) in [6.45, 7) is 0. The van der Waals surface area contributed by atoms with Gasteiger partial charge in [0, 0.05) is 38.2 Å². The smallest absolute Gasteiger partial charge is 0.391 e. The molecule has 16 heavy (non-hydrogen) atoms. The van der Waals surface area contributed by atoms with Crippen molar-refractivity contribution in [1.82, 2.24) is 0 Å². The van der Waals surface area contributed by atoms with E-state index >= 15 is 0 Å². The van der Waals surface area contributed by atoms with Crippen LogP contribution in [0.15, 0.2) is 48.5 Å². The fourth-order valence-corrected chi connectivity index (χ4v) is 1.31. The zero-order valence-corrected chi connectivity index (χ0v) is 17.4. The second-order valence-corrected chi connectivity index (χ2v) is 3.05. The summed E-state index contributed by atoms with van der Waals surface area (Å²) in [6, 6.07) is 22.2. The third-order valence-electron chi connectivity index (χ3n) is 2.11.